The van der Waals surface area contributed by atoms with Crippen LogP contribution in [0.5, 0.6) is 0 Å². The maximum Gasteiger partial charge on any atom is 0.0499 e. The lowest BCUT2D eigenvalue weighted by molar-refractivity contribution is 0.00386. The predicted octanol–water partition coefficient (Wildman–Crippen LogP) is 2.32. The summed E-state index contributed by atoms with van der Waals surface area (Å²) in [6.07, 6.45) is 1.25. The molecule has 0 aromatic carbocycles. The Kier molecular flexibility index (Phi) is 2.72. The molecule has 0 radical (unpaired) electrons. The molecule has 0 spiro atoms. The molecule has 1 saturated heterocycles. The van der Waals surface area contributed by atoms with Crippen molar-refractivity contribution in [3.8, 4) is 0 Å². The predicted molar refractivity (Wildman–Crippen MR) is 42.9 cm³/mol. The van der Waals surface area contributed by atoms with Gasteiger partial charge in [-0.3, -0.25) is 0 Å². The Morgan fingerprint density at radius 3 is 2.50 bits per heavy atom. The summed E-state index contributed by atoms with van der Waals surface area (Å²) in [5.41, 5.74) is 0. The van der Waals surface area contributed by atoms with Crippen molar-refractivity contribution in [1.82, 2.24) is 0 Å². The van der Waals surface area contributed by atoms with Crippen molar-refractivity contribution in [2.75, 3.05) is 13.2 Å². The zero-order valence-electron chi connectivity index (χ0n) is 7.26. The molecule has 0 aromatic rings. The van der Waals surface area contributed by atoms with Gasteiger partial charge in [0.15, 0.2) is 0 Å². The molecule has 1 fully saturated rings. The summed E-state index contributed by atoms with van der Waals surface area (Å²) >= 11 is 0. The first-order valence-corrected chi connectivity index (χ1v) is 4.29. The first kappa shape index (κ1) is 8.06. The van der Waals surface area contributed by atoms with Gasteiger partial charge >= 0.3 is 0 Å². The second kappa shape index (κ2) is 3.38. The van der Waals surface area contributed by atoms with Crippen LogP contribution >= 0.6 is 0 Å². The molecule has 2 unspecified atom stereocenters. The van der Waals surface area contributed by atoms with Crippen molar-refractivity contribution in [3.05, 3.63) is 0 Å². The van der Waals surface area contributed by atoms with Crippen LogP contribution in [0.3, 0.4) is 0 Å². The first-order chi connectivity index (χ1) is 4.72. The van der Waals surface area contributed by atoms with Crippen LogP contribution in [0.4, 0.5) is 0 Å². The molecule has 0 amide bonds. The van der Waals surface area contributed by atoms with Crippen molar-refractivity contribution < 1.29 is 4.74 Å². The zero-order chi connectivity index (χ0) is 7.56. The topological polar surface area (TPSA) is 9.23 Å². The molecule has 2 atom stereocenters. The Morgan fingerprint density at radius 1 is 1.40 bits per heavy atom. The third-order valence-corrected chi connectivity index (χ3v) is 2.62. The summed E-state index contributed by atoms with van der Waals surface area (Å²) in [6, 6.07) is 0. The molecule has 1 nitrogen and oxygen atoms in total. The highest BCUT2D eigenvalue weighted by Crippen LogP contribution is 2.27. The van der Waals surface area contributed by atoms with Gasteiger partial charge < -0.3 is 4.74 Å². The normalized spacial score (nSPS) is 34.8. The fourth-order valence-corrected chi connectivity index (χ4v) is 1.72. The molecule has 1 heterocycles. The summed E-state index contributed by atoms with van der Waals surface area (Å²) in [5.74, 6) is 2.46. The van der Waals surface area contributed by atoms with E-state index in [9.17, 15) is 0 Å². The van der Waals surface area contributed by atoms with Crippen LogP contribution in [0, 0.1) is 17.8 Å². The van der Waals surface area contributed by atoms with Crippen molar-refractivity contribution in [2.45, 2.75) is 27.2 Å². The van der Waals surface area contributed by atoms with E-state index in [0.29, 0.717) is 0 Å². The summed E-state index contributed by atoms with van der Waals surface area (Å²) in [4.78, 5) is 0. The summed E-state index contributed by atoms with van der Waals surface area (Å²) < 4.78 is 5.41. The molecule has 0 aliphatic carbocycles. The molecular formula is C9H18O. The van der Waals surface area contributed by atoms with Crippen LogP contribution in [0.15, 0.2) is 0 Å². The van der Waals surface area contributed by atoms with E-state index in [2.05, 4.69) is 20.8 Å². The largest absolute Gasteiger partial charge is 0.381 e. The highest BCUT2D eigenvalue weighted by Gasteiger charge is 2.24. The number of hydrogen-bond donors (Lipinski definition) is 0. The SMILES string of the molecule is CC(C)C1COCCC1C. The molecule has 10 heavy (non-hydrogen) atoms. The second-order valence-electron chi connectivity index (χ2n) is 3.75. The maximum atomic E-state index is 5.41. The van der Waals surface area contributed by atoms with Crippen LogP contribution in [0.2, 0.25) is 0 Å². The Labute approximate surface area is 63.8 Å². The van der Waals surface area contributed by atoms with E-state index in [0.717, 1.165) is 31.0 Å². The number of hydrogen-bond acceptors (Lipinski definition) is 1. The van der Waals surface area contributed by atoms with Crippen LogP contribution in [0.1, 0.15) is 27.2 Å². The van der Waals surface area contributed by atoms with E-state index >= 15 is 0 Å². The molecule has 1 rings (SSSR count). The Hall–Kier alpha value is -0.0400. The van der Waals surface area contributed by atoms with E-state index in [1.54, 1.807) is 0 Å². The average molecular weight is 142 g/mol. The standard InChI is InChI=1S/C9H18O/c1-7(2)9-6-10-5-4-8(9)3/h7-9H,4-6H2,1-3H3. The van der Waals surface area contributed by atoms with Gasteiger partial charge in [0, 0.05) is 13.2 Å². The fourth-order valence-electron chi connectivity index (χ4n) is 1.72. The highest BCUT2D eigenvalue weighted by atomic mass is 16.5. The van der Waals surface area contributed by atoms with Gasteiger partial charge in [0.2, 0.25) is 0 Å². The third-order valence-electron chi connectivity index (χ3n) is 2.62. The molecule has 60 valence electrons. The van der Waals surface area contributed by atoms with E-state index in [1.807, 2.05) is 0 Å². The maximum absolute atomic E-state index is 5.41. The van der Waals surface area contributed by atoms with Gasteiger partial charge in [-0.15, -0.1) is 0 Å². The lowest BCUT2D eigenvalue weighted by atomic mass is 9.82. The van der Waals surface area contributed by atoms with E-state index in [1.165, 1.54) is 6.42 Å². The lowest BCUT2D eigenvalue weighted by Crippen LogP contribution is -2.29. The van der Waals surface area contributed by atoms with Gasteiger partial charge in [-0.2, -0.15) is 0 Å². The summed E-state index contributed by atoms with van der Waals surface area (Å²) in [7, 11) is 0. The Morgan fingerprint density at radius 2 is 2.10 bits per heavy atom. The van der Waals surface area contributed by atoms with Crippen molar-refractivity contribution in [1.29, 1.82) is 0 Å². The Balaban J connectivity index is 2.40. The fraction of sp³-hybridized carbons (Fsp3) is 1.00. The zero-order valence-corrected chi connectivity index (χ0v) is 7.26. The highest BCUT2D eigenvalue weighted by molar-refractivity contribution is 4.72. The minimum absolute atomic E-state index is 0.787. The van der Waals surface area contributed by atoms with Crippen molar-refractivity contribution in [3.63, 3.8) is 0 Å². The van der Waals surface area contributed by atoms with Gasteiger partial charge in [-0.05, 0) is 24.2 Å². The van der Waals surface area contributed by atoms with Crippen LogP contribution in [-0.2, 0) is 4.74 Å². The van der Waals surface area contributed by atoms with E-state index in [-0.39, 0.29) is 0 Å². The van der Waals surface area contributed by atoms with Gasteiger partial charge in [0.1, 0.15) is 0 Å². The molecular weight excluding hydrogens is 124 g/mol. The molecule has 0 N–H and O–H groups in total. The second-order valence-corrected chi connectivity index (χ2v) is 3.75. The van der Waals surface area contributed by atoms with Gasteiger partial charge in [-0.1, -0.05) is 20.8 Å². The van der Waals surface area contributed by atoms with Crippen LogP contribution in [-0.4, -0.2) is 13.2 Å². The quantitative estimate of drug-likeness (QED) is 0.546. The number of rotatable bonds is 1. The van der Waals surface area contributed by atoms with Crippen LogP contribution in [0.25, 0.3) is 0 Å². The minimum Gasteiger partial charge on any atom is -0.381 e. The Bertz CT molecular complexity index is 98.9. The average Bonchev–Trinajstić information content (AvgIpc) is 1.88. The third kappa shape index (κ3) is 1.72. The molecule has 0 aromatic heterocycles. The first-order valence-electron chi connectivity index (χ1n) is 4.29. The molecule has 1 aliphatic heterocycles. The van der Waals surface area contributed by atoms with E-state index < -0.39 is 0 Å². The summed E-state index contributed by atoms with van der Waals surface area (Å²) in [6.45, 7) is 8.88. The van der Waals surface area contributed by atoms with Crippen molar-refractivity contribution in [2.24, 2.45) is 17.8 Å². The van der Waals surface area contributed by atoms with Gasteiger partial charge in [-0.25, -0.2) is 0 Å². The van der Waals surface area contributed by atoms with E-state index in [4.69, 9.17) is 4.74 Å². The molecule has 0 saturated carbocycles. The summed E-state index contributed by atoms with van der Waals surface area (Å²) in [5, 5.41) is 0. The molecule has 1 heteroatoms. The minimum atomic E-state index is 0.787. The van der Waals surface area contributed by atoms with Gasteiger partial charge in [0.25, 0.3) is 0 Å². The van der Waals surface area contributed by atoms with Crippen molar-refractivity contribution >= 4 is 0 Å². The van der Waals surface area contributed by atoms with Gasteiger partial charge in [0.05, 0.1) is 0 Å². The molecule has 0 bridgehead atoms. The smallest absolute Gasteiger partial charge is 0.0499 e. The monoisotopic (exact) mass is 142 g/mol. The molecule has 1 aliphatic rings. The lowest BCUT2D eigenvalue weighted by Gasteiger charge is -2.31. The number of ether oxygens (including phenoxy) is 1. The van der Waals surface area contributed by atoms with Crippen LogP contribution < -0.4 is 0 Å².